The third-order valence-corrected chi connectivity index (χ3v) is 22.9. The van der Waals surface area contributed by atoms with Crippen LogP contribution in [0.25, 0.3) is 0 Å². The van der Waals surface area contributed by atoms with E-state index < -0.39 is 40.5 Å². The van der Waals surface area contributed by atoms with E-state index in [2.05, 4.69) is 145 Å². The third kappa shape index (κ3) is 14.5. The number of rotatable bonds is 23. The maximum Gasteiger partial charge on any atom is 0.306 e. The molecular formula is C54H75BrO7Si2. The number of ketones is 1. The summed E-state index contributed by atoms with van der Waals surface area (Å²) in [5.41, 5.74) is 1.94. The minimum absolute atomic E-state index is 0.00543. The van der Waals surface area contributed by atoms with E-state index in [1.165, 1.54) is 10.4 Å². The van der Waals surface area contributed by atoms with Gasteiger partial charge < -0.3 is 23.1 Å². The summed E-state index contributed by atoms with van der Waals surface area (Å²) in [7, 11) is -4.95. The van der Waals surface area contributed by atoms with Crippen LogP contribution in [0.15, 0.2) is 138 Å². The van der Waals surface area contributed by atoms with Gasteiger partial charge in [-0.15, -0.1) is 0 Å². The molecule has 0 radical (unpaired) electrons. The van der Waals surface area contributed by atoms with Gasteiger partial charge in [0.2, 0.25) is 0 Å². The topological polar surface area (TPSA) is 80.3 Å². The molecule has 0 bridgehead atoms. The van der Waals surface area contributed by atoms with Gasteiger partial charge in [-0.05, 0) is 85.4 Å². The molecule has 3 aromatic rings. The number of halogens is 1. The van der Waals surface area contributed by atoms with Gasteiger partial charge in [0, 0.05) is 22.7 Å². The highest BCUT2D eigenvalue weighted by Gasteiger charge is 2.52. The van der Waals surface area contributed by atoms with Crippen molar-refractivity contribution in [2.75, 3.05) is 0 Å². The number of esters is 1. The molecule has 0 aromatic heterocycles. The summed E-state index contributed by atoms with van der Waals surface area (Å²) in [5.74, 6) is -1.65. The zero-order valence-electron chi connectivity index (χ0n) is 40.6. The molecule has 4 rings (SSSR count). The lowest BCUT2D eigenvalue weighted by Gasteiger charge is -2.47. The molecule has 1 heterocycles. The lowest BCUT2D eigenvalue weighted by Crippen LogP contribution is -2.68. The number of carbonyl (C=O) groups excluding carboxylic acids is 2. The highest BCUT2D eigenvalue weighted by atomic mass is 79.9. The van der Waals surface area contributed by atoms with E-state index in [9.17, 15) is 9.59 Å². The molecule has 64 heavy (non-hydrogen) atoms. The van der Waals surface area contributed by atoms with Gasteiger partial charge in [0.25, 0.3) is 8.32 Å². The summed E-state index contributed by atoms with van der Waals surface area (Å²) >= 11 is 3.64. The maximum absolute atomic E-state index is 13.9. The van der Waals surface area contributed by atoms with Gasteiger partial charge >= 0.3 is 5.97 Å². The first-order valence-corrected chi connectivity index (χ1v) is 28.5. The lowest BCUT2D eigenvalue weighted by atomic mass is 9.94. The molecule has 348 valence electrons. The van der Waals surface area contributed by atoms with Crippen molar-refractivity contribution in [1.82, 2.24) is 0 Å². The Morgan fingerprint density at radius 2 is 1.34 bits per heavy atom. The monoisotopic (exact) mass is 970 g/mol. The average Bonchev–Trinajstić information content (AvgIpc) is 3.59. The van der Waals surface area contributed by atoms with Gasteiger partial charge in [-0.3, -0.25) is 9.59 Å². The average molecular weight is 972 g/mol. The largest absolute Gasteiger partial charge is 0.461 e. The Morgan fingerprint density at radius 1 is 0.797 bits per heavy atom. The molecule has 6 atom stereocenters. The van der Waals surface area contributed by atoms with Crippen LogP contribution in [-0.4, -0.2) is 58.6 Å². The first kappa shape index (κ1) is 53.1. The molecule has 3 aromatic carbocycles. The van der Waals surface area contributed by atoms with Gasteiger partial charge in [0.15, 0.2) is 19.9 Å². The Morgan fingerprint density at radius 3 is 1.88 bits per heavy atom. The molecule has 1 fully saturated rings. The van der Waals surface area contributed by atoms with Crippen molar-refractivity contribution in [2.24, 2.45) is 11.8 Å². The molecule has 10 heteroatoms. The van der Waals surface area contributed by atoms with Crippen LogP contribution in [0.3, 0.4) is 0 Å². The van der Waals surface area contributed by atoms with Crippen LogP contribution < -0.4 is 10.4 Å². The van der Waals surface area contributed by atoms with E-state index in [1.807, 2.05) is 75.4 Å². The number of hydrogen-bond donors (Lipinski definition) is 0. The second kappa shape index (κ2) is 24.3. The van der Waals surface area contributed by atoms with Gasteiger partial charge in [0.05, 0.1) is 12.2 Å². The standard InChI is InChI=1S/C54H75BrO7Si2/c1-13-63(14-2,15-3)62-51(43(7)61-64(53(8,9)10,46-30-21-17-22-31-46)47-32-23-18-24-33-47)41(5)37-40(4)35-36-48(56)42(6)52-49(59-54(11,12)60-52)38-45(55)29-25-26-34-50(57)58-39-44-27-19-16-20-28-44/h16-25,27-33,35-38,41-43,49,51-52H,13-15,26,34,39H2,1-12H3/b29-25+,36-35+,40-37+,45-38-/t41-,42-,43-,49+,51+,52-/m1/s1. The number of benzene rings is 3. The molecule has 1 saturated heterocycles. The Kier molecular flexibility index (Phi) is 20.2. The predicted molar refractivity (Wildman–Crippen MR) is 272 cm³/mol. The van der Waals surface area contributed by atoms with Crippen molar-refractivity contribution in [3.63, 3.8) is 0 Å². The predicted octanol–water partition coefficient (Wildman–Crippen LogP) is 12.6. The summed E-state index contributed by atoms with van der Waals surface area (Å²) in [4.78, 5) is 26.2. The van der Waals surface area contributed by atoms with Crippen LogP contribution in [0.4, 0.5) is 0 Å². The maximum atomic E-state index is 13.9. The number of hydrogen-bond acceptors (Lipinski definition) is 7. The highest BCUT2D eigenvalue weighted by molar-refractivity contribution is 9.11. The third-order valence-electron chi connectivity index (χ3n) is 12.6. The van der Waals surface area contributed by atoms with Gasteiger partial charge in [-0.1, -0.05) is 192 Å². The summed E-state index contributed by atoms with van der Waals surface area (Å²) in [6.07, 6.45) is 11.0. The number of ether oxygens (including phenoxy) is 3. The van der Waals surface area contributed by atoms with E-state index >= 15 is 0 Å². The van der Waals surface area contributed by atoms with Crippen molar-refractivity contribution < 1.29 is 32.7 Å². The van der Waals surface area contributed by atoms with Crippen molar-refractivity contribution in [3.8, 4) is 0 Å². The van der Waals surface area contributed by atoms with Crippen LogP contribution in [-0.2, 0) is 39.3 Å². The molecule has 0 N–H and O–H groups in total. The summed E-state index contributed by atoms with van der Waals surface area (Å²) in [6, 6.07) is 34.3. The smallest absolute Gasteiger partial charge is 0.306 e. The minimum atomic E-state index is -2.87. The lowest BCUT2D eigenvalue weighted by molar-refractivity contribution is -0.150. The van der Waals surface area contributed by atoms with E-state index in [-0.39, 0.29) is 47.9 Å². The molecule has 1 aliphatic rings. The van der Waals surface area contributed by atoms with Crippen molar-refractivity contribution in [1.29, 1.82) is 0 Å². The fraction of sp³-hybridized carbons (Fsp3) is 0.481. The molecular weight excluding hydrogens is 897 g/mol. The molecule has 1 aliphatic heterocycles. The first-order valence-electron chi connectivity index (χ1n) is 23.3. The van der Waals surface area contributed by atoms with Crippen molar-refractivity contribution in [3.05, 3.63) is 143 Å². The van der Waals surface area contributed by atoms with Gasteiger partial charge in [0.1, 0.15) is 18.8 Å². The number of allylic oxidation sites excluding steroid dienone is 6. The van der Waals surface area contributed by atoms with Gasteiger partial charge in [-0.2, -0.15) is 0 Å². The fourth-order valence-electron chi connectivity index (χ4n) is 8.80. The van der Waals surface area contributed by atoms with Crippen LogP contribution in [0.5, 0.6) is 0 Å². The summed E-state index contributed by atoms with van der Waals surface area (Å²) in [6.45, 7) is 26.1. The second-order valence-electron chi connectivity index (χ2n) is 18.8. The molecule has 0 amide bonds. The zero-order chi connectivity index (χ0) is 47.1. The highest BCUT2D eigenvalue weighted by Crippen LogP contribution is 2.40. The molecule has 0 spiro atoms. The SMILES string of the molecule is CC[Si](CC)(CC)O[C@@H]([C@H](C)/C=C(C)/C=C/C(=O)[C@@H](C)[C@H]1OC(C)(C)O[C@H]1/C=C(Br)/C=C/CCC(=O)OCc1ccccc1)[C@@H](C)O[Si](c1ccccc1)(c1ccccc1)C(C)(C)C. The molecule has 7 nitrogen and oxygen atoms in total. The van der Waals surface area contributed by atoms with Crippen molar-refractivity contribution in [2.45, 2.75) is 156 Å². The van der Waals surface area contributed by atoms with Crippen molar-refractivity contribution >= 4 is 54.7 Å². The Balaban J connectivity index is 1.52. The molecule has 0 saturated carbocycles. The normalized spacial score (nSPS) is 19.5. The summed E-state index contributed by atoms with van der Waals surface area (Å²) < 4.78 is 33.9. The summed E-state index contributed by atoms with van der Waals surface area (Å²) in [5, 5.41) is 2.31. The quantitative estimate of drug-likeness (QED) is 0.0405. The Hall–Kier alpha value is -3.49. The number of carbonyl (C=O) groups is 2. The fourth-order valence-corrected chi connectivity index (χ4v) is 16.9. The van der Waals surface area contributed by atoms with Crippen LogP contribution in [0.2, 0.25) is 23.2 Å². The zero-order valence-corrected chi connectivity index (χ0v) is 44.2. The first-order chi connectivity index (χ1) is 30.3. The molecule has 0 unspecified atom stereocenters. The van der Waals surface area contributed by atoms with Crippen LogP contribution in [0.1, 0.15) is 101 Å². The minimum Gasteiger partial charge on any atom is -0.461 e. The van der Waals surface area contributed by atoms with E-state index in [0.717, 1.165) is 33.8 Å². The second-order valence-corrected chi connectivity index (χ2v) is 28.7. The Bertz CT molecular complexity index is 1990. The molecule has 0 aliphatic carbocycles. The van der Waals surface area contributed by atoms with E-state index in [0.29, 0.717) is 6.42 Å². The van der Waals surface area contributed by atoms with E-state index in [1.54, 1.807) is 6.08 Å². The Labute approximate surface area is 396 Å². The van der Waals surface area contributed by atoms with Crippen LogP contribution in [0, 0.1) is 11.8 Å². The van der Waals surface area contributed by atoms with E-state index in [4.69, 9.17) is 23.1 Å². The van der Waals surface area contributed by atoms with Crippen LogP contribution >= 0.6 is 15.9 Å². The van der Waals surface area contributed by atoms with Gasteiger partial charge in [-0.25, -0.2) is 0 Å².